The number of carboxylic acids is 1. The second kappa shape index (κ2) is 5.11. The number of thiol groups is 1. The minimum absolute atomic E-state index is 0.702. The summed E-state index contributed by atoms with van der Waals surface area (Å²) in [7, 11) is 0. The molecule has 0 saturated carbocycles. The molecule has 0 radical (unpaired) electrons. The van der Waals surface area contributed by atoms with E-state index in [1.807, 2.05) is 17.5 Å². The third kappa shape index (κ3) is 2.92. The molecule has 0 atom stereocenters. The molecule has 1 aromatic carbocycles. The summed E-state index contributed by atoms with van der Waals surface area (Å²) in [5, 5.41) is 14.3. The highest BCUT2D eigenvalue weighted by Gasteiger charge is 2.03. The van der Waals surface area contributed by atoms with Crippen molar-refractivity contribution in [2.45, 2.75) is 4.90 Å². The number of hydrogen-bond acceptors (Lipinski definition) is 5. The second-order valence-corrected chi connectivity index (χ2v) is 4.33. The number of hydrogen-bond donors (Lipinski definition) is 2. The van der Waals surface area contributed by atoms with E-state index in [-0.39, 0.29) is 0 Å². The van der Waals surface area contributed by atoms with Gasteiger partial charge in [0.15, 0.2) is 0 Å². The van der Waals surface area contributed by atoms with Crippen LogP contribution in [0.1, 0.15) is 5.56 Å². The van der Waals surface area contributed by atoms with Gasteiger partial charge in [-0.25, -0.2) is 4.79 Å². The maximum absolute atomic E-state index is 10.4. The molecule has 0 bridgehead atoms. The fourth-order valence-electron chi connectivity index (χ4n) is 1.30. The minimum atomic E-state index is -0.981. The Bertz CT molecular complexity index is 565. The molecule has 0 fully saturated rings. The molecule has 0 amide bonds. The maximum atomic E-state index is 10.4. The first kappa shape index (κ1) is 11.8. The number of carboxylic acid groups (broad SMARTS) is 1. The average molecular weight is 264 g/mol. The van der Waals surface area contributed by atoms with Crippen LogP contribution in [0, 0.1) is 0 Å². The van der Waals surface area contributed by atoms with Crippen LogP contribution in [0.2, 0.25) is 0 Å². The van der Waals surface area contributed by atoms with Crippen molar-refractivity contribution in [1.29, 1.82) is 0 Å². The maximum Gasteiger partial charge on any atom is 0.328 e. The van der Waals surface area contributed by atoms with E-state index in [1.54, 1.807) is 6.07 Å². The standard InChI is InChI=1S/C11H8N2O2S2/c14-11(15)4-3-7-1-2-8(5-10(7)16)9-6-17-13-12-9/h1-6,16H,(H,14,15)/b4-3+. The Kier molecular flexibility index (Phi) is 3.55. The topological polar surface area (TPSA) is 63.1 Å². The third-order valence-corrected chi connectivity index (χ3v) is 2.98. The van der Waals surface area contributed by atoms with Crippen molar-refractivity contribution in [3.8, 4) is 11.3 Å². The summed E-state index contributed by atoms with van der Waals surface area (Å²) in [6.45, 7) is 0. The predicted molar refractivity (Wildman–Crippen MR) is 69.3 cm³/mol. The normalized spacial score (nSPS) is 10.9. The largest absolute Gasteiger partial charge is 0.478 e. The summed E-state index contributed by atoms with van der Waals surface area (Å²) in [6, 6.07) is 5.50. The first-order valence-electron chi connectivity index (χ1n) is 4.68. The molecule has 0 aliphatic carbocycles. The smallest absolute Gasteiger partial charge is 0.328 e. The van der Waals surface area contributed by atoms with Gasteiger partial charge in [-0.1, -0.05) is 16.6 Å². The van der Waals surface area contributed by atoms with Crippen LogP contribution in [0.4, 0.5) is 0 Å². The van der Waals surface area contributed by atoms with Crippen LogP contribution in [0.15, 0.2) is 34.6 Å². The number of carbonyl (C=O) groups is 1. The fourth-order valence-corrected chi connectivity index (χ4v) is 2.05. The van der Waals surface area contributed by atoms with Crippen molar-refractivity contribution in [2.75, 3.05) is 0 Å². The zero-order chi connectivity index (χ0) is 12.3. The molecule has 0 aliphatic rings. The Labute approximate surface area is 107 Å². The lowest BCUT2D eigenvalue weighted by Crippen LogP contribution is -1.87. The van der Waals surface area contributed by atoms with E-state index >= 15 is 0 Å². The molecule has 1 aromatic heterocycles. The van der Waals surface area contributed by atoms with Crippen LogP contribution in [-0.2, 0) is 4.79 Å². The number of benzene rings is 1. The molecule has 86 valence electrons. The van der Waals surface area contributed by atoms with Gasteiger partial charge in [-0.05, 0) is 29.2 Å². The van der Waals surface area contributed by atoms with Gasteiger partial charge < -0.3 is 5.11 Å². The summed E-state index contributed by atoms with van der Waals surface area (Å²) in [6.07, 6.45) is 2.59. The van der Waals surface area contributed by atoms with Crippen molar-refractivity contribution in [1.82, 2.24) is 9.59 Å². The van der Waals surface area contributed by atoms with E-state index in [0.717, 1.165) is 22.9 Å². The lowest BCUT2D eigenvalue weighted by molar-refractivity contribution is -0.131. The minimum Gasteiger partial charge on any atom is -0.478 e. The molecule has 1 heterocycles. The molecule has 6 heteroatoms. The van der Waals surface area contributed by atoms with Crippen molar-refractivity contribution in [3.05, 3.63) is 35.2 Å². The molecular formula is C11H8N2O2S2. The van der Waals surface area contributed by atoms with Crippen molar-refractivity contribution < 1.29 is 9.90 Å². The van der Waals surface area contributed by atoms with Gasteiger partial charge in [0.25, 0.3) is 0 Å². The Morgan fingerprint density at radius 3 is 2.88 bits per heavy atom. The molecule has 0 aliphatic heterocycles. The molecule has 2 rings (SSSR count). The van der Waals surface area contributed by atoms with E-state index in [9.17, 15) is 4.79 Å². The SMILES string of the molecule is O=C(O)/C=C/c1ccc(-c2csnn2)cc1S. The Hall–Kier alpha value is -1.66. The zero-order valence-electron chi connectivity index (χ0n) is 8.57. The van der Waals surface area contributed by atoms with E-state index in [4.69, 9.17) is 5.11 Å². The number of nitrogens with zero attached hydrogens (tertiary/aromatic N) is 2. The van der Waals surface area contributed by atoms with E-state index in [2.05, 4.69) is 22.2 Å². The highest BCUT2D eigenvalue weighted by Crippen LogP contribution is 2.24. The Balaban J connectivity index is 2.32. The molecule has 2 aromatic rings. The molecule has 0 spiro atoms. The molecule has 0 unspecified atom stereocenters. The summed E-state index contributed by atoms with van der Waals surface area (Å²) in [5.41, 5.74) is 2.46. The number of aromatic nitrogens is 2. The number of aliphatic carboxylic acids is 1. The first-order chi connectivity index (χ1) is 8.16. The van der Waals surface area contributed by atoms with Crippen molar-refractivity contribution in [2.24, 2.45) is 0 Å². The van der Waals surface area contributed by atoms with Gasteiger partial charge in [-0.15, -0.1) is 17.7 Å². The number of rotatable bonds is 3. The first-order valence-corrected chi connectivity index (χ1v) is 5.96. The Morgan fingerprint density at radius 1 is 1.47 bits per heavy atom. The molecule has 0 saturated heterocycles. The van der Waals surface area contributed by atoms with Gasteiger partial charge in [0.1, 0.15) is 5.69 Å². The van der Waals surface area contributed by atoms with Crippen LogP contribution in [0.3, 0.4) is 0 Å². The van der Waals surface area contributed by atoms with Gasteiger partial charge in [0, 0.05) is 21.9 Å². The van der Waals surface area contributed by atoms with E-state index in [0.29, 0.717) is 4.90 Å². The van der Waals surface area contributed by atoms with Crippen molar-refractivity contribution in [3.63, 3.8) is 0 Å². The van der Waals surface area contributed by atoms with Crippen LogP contribution < -0.4 is 0 Å². The van der Waals surface area contributed by atoms with Crippen LogP contribution >= 0.6 is 24.2 Å². The molecule has 1 N–H and O–H groups in total. The van der Waals surface area contributed by atoms with Gasteiger partial charge in [0.05, 0.1) is 0 Å². The third-order valence-electron chi connectivity index (χ3n) is 2.09. The molecular weight excluding hydrogens is 256 g/mol. The predicted octanol–water partition coefficient (Wildman–Crippen LogP) is 2.59. The zero-order valence-corrected chi connectivity index (χ0v) is 10.3. The van der Waals surface area contributed by atoms with Crippen LogP contribution in [0.25, 0.3) is 17.3 Å². The fraction of sp³-hybridized carbons (Fsp3) is 0. The summed E-state index contributed by atoms with van der Waals surface area (Å²) >= 11 is 5.59. The average Bonchev–Trinajstić information content (AvgIpc) is 2.80. The quantitative estimate of drug-likeness (QED) is 0.660. The monoisotopic (exact) mass is 264 g/mol. The summed E-state index contributed by atoms with van der Waals surface area (Å²) in [4.78, 5) is 11.1. The second-order valence-electron chi connectivity index (χ2n) is 3.24. The van der Waals surface area contributed by atoms with Crippen LogP contribution in [0.5, 0.6) is 0 Å². The highest BCUT2D eigenvalue weighted by molar-refractivity contribution is 7.80. The van der Waals surface area contributed by atoms with Gasteiger partial charge in [0.2, 0.25) is 0 Å². The van der Waals surface area contributed by atoms with E-state index < -0.39 is 5.97 Å². The lowest BCUT2D eigenvalue weighted by Gasteiger charge is -2.01. The molecule has 4 nitrogen and oxygen atoms in total. The summed E-state index contributed by atoms with van der Waals surface area (Å²) < 4.78 is 3.79. The van der Waals surface area contributed by atoms with Crippen LogP contribution in [-0.4, -0.2) is 20.7 Å². The lowest BCUT2D eigenvalue weighted by atomic mass is 10.1. The van der Waals surface area contributed by atoms with Gasteiger partial charge in [-0.2, -0.15) is 0 Å². The van der Waals surface area contributed by atoms with Gasteiger partial charge >= 0.3 is 5.97 Å². The Morgan fingerprint density at radius 2 is 2.29 bits per heavy atom. The van der Waals surface area contributed by atoms with Gasteiger partial charge in [-0.3, -0.25) is 0 Å². The molecule has 17 heavy (non-hydrogen) atoms. The highest BCUT2D eigenvalue weighted by atomic mass is 32.1. The van der Waals surface area contributed by atoms with Crippen molar-refractivity contribution >= 4 is 36.2 Å². The summed E-state index contributed by atoms with van der Waals surface area (Å²) in [5.74, 6) is -0.981. The van der Waals surface area contributed by atoms with E-state index in [1.165, 1.54) is 17.6 Å².